The largest absolute Gasteiger partial charge is 0.383 e. The standard InChI is InChI=1S/C27H28N4O4/c1-14-10-15(2)23-18(11-14)27(26(34)29-23)22-21(24(32)31(25(22)33)8-9-35-3)20(30-27)12-16-13-28-19-7-5-4-6-17(16)19/h4-7,10-11,13,20-22,28,30H,8-9,12H2,1-3H3,(H,29,34)/t20-,21+,22+,27+/m0/s1. The number of H-pyrrole nitrogens is 1. The third kappa shape index (κ3) is 2.96. The molecule has 0 bridgehead atoms. The minimum Gasteiger partial charge on any atom is -0.383 e. The van der Waals surface area contributed by atoms with Gasteiger partial charge in [-0.1, -0.05) is 35.9 Å². The van der Waals surface area contributed by atoms with Crippen molar-refractivity contribution in [2.24, 2.45) is 11.8 Å². The second-order valence-electron chi connectivity index (χ2n) is 9.91. The molecule has 3 aliphatic heterocycles. The number of hydrogen-bond acceptors (Lipinski definition) is 5. The molecule has 3 N–H and O–H groups in total. The van der Waals surface area contributed by atoms with Crippen LogP contribution in [0.2, 0.25) is 0 Å². The highest BCUT2D eigenvalue weighted by atomic mass is 16.5. The van der Waals surface area contributed by atoms with Gasteiger partial charge in [-0.3, -0.25) is 24.6 Å². The van der Waals surface area contributed by atoms with Crippen LogP contribution in [0.1, 0.15) is 22.3 Å². The van der Waals surface area contributed by atoms with Gasteiger partial charge in [0.2, 0.25) is 17.7 Å². The number of carbonyl (C=O) groups excluding carboxylic acids is 3. The number of aryl methyl sites for hydroxylation is 2. The number of likely N-dealkylation sites (tertiary alicyclic amines) is 1. The van der Waals surface area contributed by atoms with Crippen LogP contribution >= 0.6 is 0 Å². The van der Waals surface area contributed by atoms with E-state index in [4.69, 9.17) is 4.74 Å². The topological polar surface area (TPSA) is 104 Å². The first kappa shape index (κ1) is 22.0. The number of carbonyl (C=O) groups is 3. The number of aromatic nitrogens is 1. The Labute approximate surface area is 203 Å². The second kappa shape index (κ2) is 7.76. The van der Waals surface area contributed by atoms with Crippen molar-refractivity contribution in [2.45, 2.75) is 31.8 Å². The van der Waals surface area contributed by atoms with E-state index in [9.17, 15) is 14.4 Å². The first-order chi connectivity index (χ1) is 16.9. The Bertz CT molecular complexity index is 1400. The molecule has 2 fully saturated rings. The highest BCUT2D eigenvalue weighted by Crippen LogP contribution is 2.54. The summed E-state index contributed by atoms with van der Waals surface area (Å²) in [6, 6.07) is 11.6. The van der Waals surface area contributed by atoms with Gasteiger partial charge in [0.05, 0.1) is 25.0 Å². The summed E-state index contributed by atoms with van der Waals surface area (Å²) in [5.41, 5.74) is 4.20. The molecule has 2 saturated heterocycles. The van der Waals surface area contributed by atoms with Crippen LogP contribution in [0, 0.1) is 25.7 Å². The molecule has 8 heteroatoms. The second-order valence-corrected chi connectivity index (χ2v) is 9.91. The van der Waals surface area contributed by atoms with E-state index in [1.54, 1.807) is 7.11 Å². The number of para-hydroxylation sites is 1. The number of amides is 3. The van der Waals surface area contributed by atoms with Crippen molar-refractivity contribution in [2.75, 3.05) is 25.6 Å². The Morgan fingerprint density at radius 1 is 1.09 bits per heavy atom. The average Bonchev–Trinajstić information content (AvgIpc) is 3.53. The van der Waals surface area contributed by atoms with Gasteiger partial charge in [-0.2, -0.15) is 0 Å². The quantitative estimate of drug-likeness (QED) is 0.495. The number of hydrogen-bond donors (Lipinski definition) is 3. The van der Waals surface area contributed by atoms with Gasteiger partial charge in [-0.15, -0.1) is 0 Å². The van der Waals surface area contributed by atoms with Crippen LogP contribution in [0.4, 0.5) is 5.69 Å². The Kier molecular flexibility index (Phi) is 4.88. The predicted molar refractivity (Wildman–Crippen MR) is 131 cm³/mol. The van der Waals surface area contributed by atoms with Crippen LogP contribution in [0.5, 0.6) is 0 Å². The monoisotopic (exact) mass is 472 g/mol. The zero-order valence-electron chi connectivity index (χ0n) is 20.0. The molecule has 0 saturated carbocycles. The summed E-state index contributed by atoms with van der Waals surface area (Å²) in [5, 5.41) is 7.64. The smallest absolute Gasteiger partial charge is 0.250 e. The molecule has 6 rings (SSSR count). The maximum atomic E-state index is 13.8. The number of imide groups is 1. The van der Waals surface area contributed by atoms with Gasteiger partial charge in [0, 0.05) is 41.5 Å². The van der Waals surface area contributed by atoms with E-state index in [1.165, 1.54) is 4.90 Å². The first-order valence-electron chi connectivity index (χ1n) is 12.0. The molecule has 180 valence electrons. The molecule has 3 amide bonds. The van der Waals surface area contributed by atoms with Crippen molar-refractivity contribution in [1.82, 2.24) is 15.2 Å². The Morgan fingerprint density at radius 3 is 2.69 bits per heavy atom. The summed E-state index contributed by atoms with van der Waals surface area (Å²) >= 11 is 0. The van der Waals surface area contributed by atoms with Crippen molar-refractivity contribution in [3.63, 3.8) is 0 Å². The van der Waals surface area contributed by atoms with Gasteiger partial charge in [-0.05, 0) is 37.5 Å². The van der Waals surface area contributed by atoms with Crippen molar-refractivity contribution in [3.05, 3.63) is 64.8 Å². The molecule has 4 heterocycles. The van der Waals surface area contributed by atoms with Crippen molar-refractivity contribution >= 4 is 34.3 Å². The van der Waals surface area contributed by atoms with Crippen LogP contribution in [0.15, 0.2) is 42.6 Å². The summed E-state index contributed by atoms with van der Waals surface area (Å²) in [4.78, 5) is 45.7. The van der Waals surface area contributed by atoms with Gasteiger partial charge in [-0.25, -0.2) is 0 Å². The van der Waals surface area contributed by atoms with E-state index < -0.39 is 17.4 Å². The Balaban J connectivity index is 1.49. The molecule has 4 atom stereocenters. The highest BCUT2D eigenvalue weighted by molar-refractivity contribution is 6.15. The summed E-state index contributed by atoms with van der Waals surface area (Å²) in [6.45, 7) is 4.36. The number of anilines is 1. The molecule has 0 unspecified atom stereocenters. The van der Waals surface area contributed by atoms with E-state index in [0.717, 1.165) is 38.8 Å². The molecule has 0 radical (unpaired) electrons. The summed E-state index contributed by atoms with van der Waals surface area (Å²) in [5.74, 6) is -2.28. The SMILES string of the molecule is COCCN1C(=O)[C@@H]2[C@H](Cc3c[nH]c4ccccc34)N[C@@]3(C(=O)Nc4c(C)cc(C)cc43)[C@H]2C1=O. The molecule has 3 aliphatic rings. The lowest BCUT2D eigenvalue weighted by molar-refractivity contribution is -0.143. The average molecular weight is 473 g/mol. The van der Waals surface area contributed by atoms with E-state index >= 15 is 0 Å². The maximum absolute atomic E-state index is 13.8. The van der Waals surface area contributed by atoms with Crippen LogP contribution in [-0.4, -0.2) is 53.9 Å². The lowest BCUT2D eigenvalue weighted by Gasteiger charge is -2.29. The molecule has 8 nitrogen and oxygen atoms in total. The third-order valence-corrected chi connectivity index (χ3v) is 7.89. The summed E-state index contributed by atoms with van der Waals surface area (Å²) in [7, 11) is 1.54. The fourth-order valence-corrected chi connectivity index (χ4v) is 6.43. The molecular weight excluding hydrogens is 444 g/mol. The van der Waals surface area contributed by atoms with Gasteiger partial charge < -0.3 is 15.0 Å². The molecule has 1 aromatic heterocycles. The number of methoxy groups -OCH3 is 1. The first-order valence-corrected chi connectivity index (χ1v) is 12.0. The molecule has 1 spiro atoms. The molecular formula is C27H28N4O4. The highest BCUT2D eigenvalue weighted by Gasteiger charge is 2.70. The minimum atomic E-state index is -1.29. The van der Waals surface area contributed by atoms with Crippen molar-refractivity contribution in [1.29, 1.82) is 0 Å². The van der Waals surface area contributed by atoms with E-state index in [-0.39, 0.29) is 36.9 Å². The van der Waals surface area contributed by atoms with Gasteiger partial charge >= 0.3 is 0 Å². The number of fused-ring (bicyclic) bond motifs is 5. The number of rotatable bonds is 5. The zero-order chi connectivity index (χ0) is 24.5. The number of nitrogens with one attached hydrogen (secondary N) is 3. The van der Waals surface area contributed by atoms with E-state index in [0.29, 0.717) is 6.42 Å². The zero-order valence-corrected chi connectivity index (χ0v) is 20.0. The van der Waals surface area contributed by atoms with Gasteiger partial charge in [0.15, 0.2) is 0 Å². The Hall–Kier alpha value is -3.49. The number of aromatic amines is 1. The summed E-state index contributed by atoms with van der Waals surface area (Å²) in [6.07, 6.45) is 2.46. The van der Waals surface area contributed by atoms with Crippen LogP contribution in [-0.2, 0) is 31.1 Å². The molecule has 0 aliphatic carbocycles. The van der Waals surface area contributed by atoms with Gasteiger partial charge in [0.25, 0.3) is 0 Å². The van der Waals surface area contributed by atoms with Gasteiger partial charge in [0.1, 0.15) is 5.54 Å². The normalized spacial score (nSPS) is 27.2. The fourth-order valence-electron chi connectivity index (χ4n) is 6.43. The van der Waals surface area contributed by atoms with Crippen LogP contribution in [0.3, 0.4) is 0 Å². The third-order valence-electron chi connectivity index (χ3n) is 7.89. The van der Waals surface area contributed by atoms with Crippen molar-refractivity contribution in [3.8, 4) is 0 Å². The number of nitrogens with zero attached hydrogens (tertiary/aromatic N) is 1. The number of benzene rings is 2. The van der Waals surface area contributed by atoms with Crippen LogP contribution in [0.25, 0.3) is 10.9 Å². The predicted octanol–water partition coefficient (Wildman–Crippen LogP) is 2.39. The lowest BCUT2D eigenvalue weighted by atomic mass is 9.75. The molecule has 35 heavy (non-hydrogen) atoms. The lowest BCUT2D eigenvalue weighted by Crippen LogP contribution is -2.53. The summed E-state index contributed by atoms with van der Waals surface area (Å²) < 4.78 is 5.16. The maximum Gasteiger partial charge on any atom is 0.250 e. The minimum absolute atomic E-state index is 0.179. The number of ether oxygens (including phenoxy) is 1. The van der Waals surface area contributed by atoms with E-state index in [1.807, 2.05) is 56.4 Å². The van der Waals surface area contributed by atoms with Crippen molar-refractivity contribution < 1.29 is 19.1 Å². The Morgan fingerprint density at radius 2 is 1.89 bits per heavy atom. The fraction of sp³-hybridized carbons (Fsp3) is 0.370. The molecule has 3 aromatic rings. The van der Waals surface area contributed by atoms with E-state index in [2.05, 4.69) is 15.6 Å². The molecule has 2 aromatic carbocycles. The van der Waals surface area contributed by atoms with Crippen LogP contribution < -0.4 is 10.6 Å².